The van der Waals surface area contributed by atoms with Crippen LogP contribution in [0.3, 0.4) is 0 Å². The van der Waals surface area contributed by atoms with Crippen LogP contribution in [0.25, 0.3) is 0 Å². The average Bonchev–Trinajstić information content (AvgIpc) is 2.06. The monoisotopic (exact) mass is 190 g/mol. The van der Waals surface area contributed by atoms with E-state index in [-0.39, 0.29) is 11.9 Å². The Kier molecular flexibility index (Phi) is 2.50. The zero-order valence-electron chi connectivity index (χ0n) is 8.21. The molecule has 1 aliphatic heterocycles. The summed E-state index contributed by atoms with van der Waals surface area (Å²) < 4.78 is 0. The molecule has 0 bridgehead atoms. The van der Waals surface area contributed by atoms with Crippen LogP contribution in [0.15, 0.2) is 24.3 Å². The molecule has 1 atom stereocenters. The largest absolute Gasteiger partial charge is 0.325 e. The van der Waals surface area contributed by atoms with Gasteiger partial charge >= 0.3 is 0 Å². The Labute approximate surface area is 83.5 Å². The van der Waals surface area contributed by atoms with Crippen LogP contribution in [0.1, 0.15) is 12.0 Å². The maximum absolute atomic E-state index is 11.5. The highest BCUT2D eigenvalue weighted by Gasteiger charge is 2.24. The molecule has 1 aromatic rings. The number of anilines is 1. The van der Waals surface area contributed by atoms with Gasteiger partial charge in [-0.05, 0) is 32.0 Å². The Balaban J connectivity index is 1.96. The van der Waals surface area contributed by atoms with Gasteiger partial charge < -0.3 is 10.6 Å². The first kappa shape index (κ1) is 9.21. The number of carbonyl (C=O) groups excluding carboxylic acids is 1. The van der Waals surface area contributed by atoms with E-state index >= 15 is 0 Å². The van der Waals surface area contributed by atoms with E-state index in [1.165, 1.54) is 5.56 Å². The molecule has 74 valence electrons. The summed E-state index contributed by atoms with van der Waals surface area (Å²) in [6, 6.07) is 7.84. The van der Waals surface area contributed by atoms with Gasteiger partial charge in [-0.3, -0.25) is 4.79 Å². The molecule has 2 rings (SSSR count). The van der Waals surface area contributed by atoms with E-state index in [0.29, 0.717) is 0 Å². The Morgan fingerprint density at radius 2 is 2.07 bits per heavy atom. The summed E-state index contributed by atoms with van der Waals surface area (Å²) in [7, 11) is 0. The summed E-state index contributed by atoms with van der Waals surface area (Å²) >= 11 is 0. The van der Waals surface area contributed by atoms with Crippen LogP contribution in [0, 0.1) is 6.92 Å². The van der Waals surface area contributed by atoms with Gasteiger partial charge in [0.15, 0.2) is 0 Å². The van der Waals surface area contributed by atoms with Crippen molar-refractivity contribution in [2.24, 2.45) is 0 Å². The third-order valence-electron chi connectivity index (χ3n) is 2.46. The minimum absolute atomic E-state index is 0.0105. The normalized spacial score (nSPS) is 19.9. The van der Waals surface area contributed by atoms with Crippen molar-refractivity contribution in [2.75, 3.05) is 11.9 Å². The lowest BCUT2D eigenvalue weighted by Crippen LogP contribution is -2.50. The van der Waals surface area contributed by atoms with E-state index in [9.17, 15) is 4.79 Å². The van der Waals surface area contributed by atoms with E-state index in [2.05, 4.69) is 10.6 Å². The van der Waals surface area contributed by atoms with Crippen molar-refractivity contribution in [3.05, 3.63) is 29.8 Å². The standard InChI is InChI=1S/C11H14N2O/c1-8-2-4-9(5-3-8)13-11(14)10-6-7-12-10/h2-5,10,12H,6-7H2,1H3,(H,13,14). The Morgan fingerprint density at radius 1 is 1.43 bits per heavy atom. The van der Waals surface area contributed by atoms with Crippen molar-refractivity contribution in [2.45, 2.75) is 19.4 Å². The van der Waals surface area contributed by atoms with Crippen molar-refractivity contribution in [3.63, 3.8) is 0 Å². The zero-order chi connectivity index (χ0) is 9.97. The molecule has 1 aliphatic rings. The molecule has 0 saturated carbocycles. The molecule has 1 amide bonds. The Hall–Kier alpha value is -1.35. The maximum atomic E-state index is 11.5. The van der Waals surface area contributed by atoms with Crippen molar-refractivity contribution in [1.82, 2.24) is 5.32 Å². The van der Waals surface area contributed by atoms with Crippen molar-refractivity contribution in [1.29, 1.82) is 0 Å². The number of hydrogen-bond acceptors (Lipinski definition) is 2. The van der Waals surface area contributed by atoms with Crippen LogP contribution in [0.4, 0.5) is 5.69 Å². The SMILES string of the molecule is Cc1ccc(NC(=O)C2CCN2)cc1. The predicted octanol–water partition coefficient (Wildman–Crippen LogP) is 1.30. The number of hydrogen-bond donors (Lipinski definition) is 2. The number of nitrogens with one attached hydrogen (secondary N) is 2. The predicted molar refractivity (Wildman–Crippen MR) is 56.2 cm³/mol. The van der Waals surface area contributed by atoms with Gasteiger partial charge in [-0.25, -0.2) is 0 Å². The molecule has 0 radical (unpaired) electrons. The average molecular weight is 190 g/mol. The molecule has 1 unspecified atom stereocenters. The first-order chi connectivity index (χ1) is 6.75. The first-order valence-corrected chi connectivity index (χ1v) is 4.86. The van der Waals surface area contributed by atoms with Crippen LogP contribution in [-0.2, 0) is 4.79 Å². The molecular weight excluding hydrogens is 176 g/mol. The summed E-state index contributed by atoms with van der Waals surface area (Å²) in [5.74, 6) is 0.0695. The molecule has 1 aromatic carbocycles. The van der Waals surface area contributed by atoms with Gasteiger partial charge in [0.25, 0.3) is 0 Å². The Morgan fingerprint density at radius 3 is 2.57 bits per heavy atom. The van der Waals surface area contributed by atoms with Gasteiger partial charge in [0, 0.05) is 5.69 Å². The van der Waals surface area contributed by atoms with Crippen LogP contribution in [0.5, 0.6) is 0 Å². The molecule has 1 fully saturated rings. The lowest BCUT2D eigenvalue weighted by Gasteiger charge is -2.26. The molecule has 0 aliphatic carbocycles. The van der Waals surface area contributed by atoms with Gasteiger partial charge in [-0.1, -0.05) is 17.7 Å². The van der Waals surface area contributed by atoms with E-state index in [4.69, 9.17) is 0 Å². The topological polar surface area (TPSA) is 41.1 Å². The third kappa shape index (κ3) is 1.93. The zero-order valence-corrected chi connectivity index (χ0v) is 8.21. The summed E-state index contributed by atoms with van der Waals surface area (Å²) in [5, 5.41) is 5.93. The second-order valence-corrected chi connectivity index (χ2v) is 3.65. The fraction of sp³-hybridized carbons (Fsp3) is 0.364. The number of benzene rings is 1. The quantitative estimate of drug-likeness (QED) is 0.738. The molecule has 3 nitrogen and oxygen atoms in total. The van der Waals surface area contributed by atoms with Crippen molar-refractivity contribution in [3.8, 4) is 0 Å². The van der Waals surface area contributed by atoms with Crippen molar-refractivity contribution >= 4 is 11.6 Å². The van der Waals surface area contributed by atoms with Crippen molar-refractivity contribution < 1.29 is 4.79 Å². The second-order valence-electron chi connectivity index (χ2n) is 3.65. The van der Waals surface area contributed by atoms with E-state index in [1.807, 2.05) is 31.2 Å². The third-order valence-corrected chi connectivity index (χ3v) is 2.46. The molecule has 2 N–H and O–H groups in total. The smallest absolute Gasteiger partial charge is 0.241 e. The molecule has 1 heterocycles. The minimum Gasteiger partial charge on any atom is -0.325 e. The maximum Gasteiger partial charge on any atom is 0.241 e. The van der Waals surface area contributed by atoms with E-state index in [0.717, 1.165) is 18.7 Å². The Bertz CT molecular complexity index is 328. The highest BCUT2D eigenvalue weighted by molar-refractivity contribution is 5.95. The van der Waals surface area contributed by atoms with Gasteiger partial charge in [0.1, 0.15) is 0 Å². The number of rotatable bonds is 2. The summed E-state index contributed by atoms with van der Waals surface area (Å²) in [5.41, 5.74) is 2.07. The highest BCUT2D eigenvalue weighted by atomic mass is 16.2. The summed E-state index contributed by atoms with van der Waals surface area (Å²) in [4.78, 5) is 11.5. The second kappa shape index (κ2) is 3.80. The lowest BCUT2D eigenvalue weighted by atomic mass is 10.1. The number of aryl methyl sites for hydroxylation is 1. The lowest BCUT2D eigenvalue weighted by molar-refractivity contribution is -0.119. The highest BCUT2D eigenvalue weighted by Crippen LogP contribution is 2.11. The molecule has 0 spiro atoms. The molecular formula is C11H14N2O. The fourth-order valence-electron chi connectivity index (χ4n) is 1.38. The summed E-state index contributed by atoms with van der Waals surface area (Å²) in [6.07, 6.45) is 0.942. The minimum atomic E-state index is 0.0105. The molecule has 1 saturated heterocycles. The molecule has 14 heavy (non-hydrogen) atoms. The van der Waals surface area contributed by atoms with Gasteiger partial charge in [0.05, 0.1) is 6.04 Å². The van der Waals surface area contributed by atoms with Crippen LogP contribution in [-0.4, -0.2) is 18.5 Å². The number of amides is 1. The first-order valence-electron chi connectivity index (χ1n) is 4.86. The van der Waals surface area contributed by atoms with Crippen LogP contribution in [0.2, 0.25) is 0 Å². The van der Waals surface area contributed by atoms with Gasteiger partial charge in [-0.2, -0.15) is 0 Å². The van der Waals surface area contributed by atoms with Gasteiger partial charge in [0.2, 0.25) is 5.91 Å². The molecule has 3 heteroatoms. The van der Waals surface area contributed by atoms with Crippen LogP contribution >= 0.6 is 0 Å². The fourth-order valence-corrected chi connectivity index (χ4v) is 1.38. The van der Waals surface area contributed by atoms with E-state index < -0.39 is 0 Å². The van der Waals surface area contributed by atoms with Gasteiger partial charge in [-0.15, -0.1) is 0 Å². The van der Waals surface area contributed by atoms with E-state index in [1.54, 1.807) is 0 Å². The van der Waals surface area contributed by atoms with Crippen LogP contribution < -0.4 is 10.6 Å². The summed E-state index contributed by atoms with van der Waals surface area (Å²) in [6.45, 7) is 2.98. The number of carbonyl (C=O) groups is 1. The molecule has 0 aromatic heterocycles.